The molecule has 106 valence electrons. The van der Waals surface area contributed by atoms with Gasteiger partial charge in [-0.15, -0.1) is 0 Å². The van der Waals surface area contributed by atoms with Gasteiger partial charge in [0.15, 0.2) is 0 Å². The van der Waals surface area contributed by atoms with Gasteiger partial charge in [-0.2, -0.15) is 0 Å². The van der Waals surface area contributed by atoms with Crippen LogP contribution in [0, 0.1) is 6.92 Å². The summed E-state index contributed by atoms with van der Waals surface area (Å²) in [5.41, 5.74) is 0.425. The van der Waals surface area contributed by atoms with Crippen LogP contribution in [0.4, 0.5) is 10.5 Å². The van der Waals surface area contributed by atoms with Crippen LogP contribution in [-0.2, 0) is 4.79 Å². The highest BCUT2D eigenvalue weighted by atomic mass is 32.2. The number of aromatic hydroxyl groups is 1. The fourth-order valence-corrected chi connectivity index (χ4v) is 2.77. The molecule has 0 atom stereocenters. The fourth-order valence-electron chi connectivity index (χ4n) is 1.95. The molecule has 0 aliphatic carbocycles. The number of hydrogen-bond acceptors (Lipinski definition) is 5. The van der Waals surface area contributed by atoms with Crippen LogP contribution >= 0.6 is 11.8 Å². The molecule has 3 rings (SSSR count). The van der Waals surface area contributed by atoms with Gasteiger partial charge in [0, 0.05) is 6.08 Å². The van der Waals surface area contributed by atoms with E-state index in [0.29, 0.717) is 16.4 Å². The molecule has 5 nitrogen and oxygen atoms in total. The van der Waals surface area contributed by atoms with E-state index in [1.54, 1.807) is 25.1 Å². The highest BCUT2D eigenvalue weighted by molar-refractivity contribution is 8.19. The lowest BCUT2D eigenvalue weighted by molar-refractivity contribution is -0.113. The quantitative estimate of drug-likeness (QED) is 0.859. The average molecular weight is 301 g/mol. The number of carbonyl (C=O) groups is 2. The van der Waals surface area contributed by atoms with Crippen molar-refractivity contribution in [2.75, 3.05) is 4.90 Å². The van der Waals surface area contributed by atoms with Crippen molar-refractivity contribution in [2.45, 2.75) is 6.92 Å². The molecule has 1 fully saturated rings. The third-order valence-electron chi connectivity index (χ3n) is 2.94. The van der Waals surface area contributed by atoms with Gasteiger partial charge in [-0.1, -0.05) is 0 Å². The number of anilines is 1. The van der Waals surface area contributed by atoms with Gasteiger partial charge in [-0.3, -0.25) is 9.59 Å². The number of phenolic OH excluding ortho intramolecular Hbond substituents is 1. The number of furan rings is 1. The number of nitrogens with zero attached hydrogens (tertiary/aromatic N) is 1. The molecule has 2 heterocycles. The molecule has 1 aromatic heterocycles. The number of hydrogen-bond donors (Lipinski definition) is 1. The molecule has 1 saturated heterocycles. The first kappa shape index (κ1) is 13.5. The van der Waals surface area contributed by atoms with E-state index in [-0.39, 0.29) is 11.0 Å². The Balaban J connectivity index is 1.92. The number of rotatable bonds is 2. The number of carbonyl (C=O) groups excluding carboxylic acids is 2. The van der Waals surface area contributed by atoms with Gasteiger partial charge >= 0.3 is 0 Å². The summed E-state index contributed by atoms with van der Waals surface area (Å²) in [5, 5.41) is 8.89. The van der Waals surface area contributed by atoms with E-state index in [2.05, 4.69) is 0 Å². The molecule has 0 spiro atoms. The van der Waals surface area contributed by atoms with Crippen molar-refractivity contribution < 1.29 is 19.1 Å². The minimum atomic E-state index is -0.398. The van der Waals surface area contributed by atoms with Crippen molar-refractivity contribution in [1.82, 2.24) is 0 Å². The molecule has 2 amide bonds. The first-order valence-electron chi connectivity index (χ1n) is 6.18. The van der Waals surface area contributed by atoms with Gasteiger partial charge in [-0.25, -0.2) is 4.90 Å². The summed E-state index contributed by atoms with van der Waals surface area (Å²) in [6.07, 6.45) is 1.55. The number of thioether (sulfide) groups is 1. The van der Waals surface area contributed by atoms with Crippen molar-refractivity contribution >= 4 is 34.7 Å². The Morgan fingerprint density at radius 1 is 1.14 bits per heavy atom. The molecule has 0 radical (unpaired) electrons. The van der Waals surface area contributed by atoms with Gasteiger partial charge < -0.3 is 9.52 Å². The molecule has 21 heavy (non-hydrogen) atoms. The summed E-state index contributed by atoms with van der Waals surface area (Å²) in [5.74, 6) is 0.944. The molecule has 1 aromatic carbocycles. The molecule has 0 unspecified atom stereocenters. The fraction of sp³-hybridized carbons (Fsp3) is 0.0667. The first-order chi connectivity index (χ1) is 10.0. The maximum absolute atomic E-state index is 12.3. The number of aryl methyl sites for hydroxylation is 1. The van der Waals surface area contributed by atoms with E-state index in [0.717, 1.165) is 22.4 Å². The summed E-state index contributed by atoms with van der Waals surface area (Å²) in [4.78, 5) is 25.7. The molecular formula is C15H11NO4S. The monoisotopic (exact) mass is 301 g/mol. The Morgan fingerprint density at radius 3 is 2.48 bits per heavy atom. The molecule has 1 aliphatic heterocycles. The van der Waals surface area contributed by atoms with Crippen LogP contribution in [0.15, 0.2) is 45.7 Å². The maximum Gasteiger partial charge on any atom is 0.298 e. The van der Waals surface area contributed by atoms with Crippen molar-refractivity contribution in [3.05, 3.63) is 52.8 Å². The summed E-state index contributed by atoms with van der Waals surface area (Å²) in [6.45, 7) is 1.81. The van der Waals surface area contributed by atoms with Crippen LogP contribution in [0.5, 0.6) is 5.75 Å². The van der Waals surface area contributed by atoms with E-state index in [9.17, 15) is 14.7 Å². The Kier molecular flexibility index (Phi) is 3.31. The first-order valence-corrected chi connectivity index (χ1v) is 7.00. The lowest BCUT2D eigenvalue weighted by Gasteiger charge is -2.11. The average Bonchev–Trinajstić information content (AvgIpc) is 2.96. The van der Waals surface area contributed by atoms with Crippen LogP contribution in [0.3, 0.4) is 0 Å². The van der Waals surface area contributed by atoms with Crippen LogP contribution in [-0.4, -0.2) is 16.3 Å². The predicted octanol–water partition coefficient (Wildman–Crippen LogP) is 3.53. The largest absolute Gasteiger partial charge is 0.508 e. The molecule has 6 heteroatoms. The third-order valence-corrected chi connectivity index (χ3v) is 3.81. The van der Waals surface area contributed by atoms with E-state index < -0.39 is 5.91 Å². The molecule has 0 saturated carbocycles. The van der Waals surface area contributed by atoms with Crippen molar-refractivity contribution in [2.24, 2.45) is 0 Å². The molecular weight excluding hydrogens is 290 g/mol. The second-order valence-corrected chi connectivity index (χ2v) is 5.48. The SMILES string of the molecule is Cc1ccc(/C=C2/SC(=O)N(c3ccc(O)cc3)C2=O)o1. The highest BCUT2D eigenvalue weighted by Crippen LogP contribution is 2.36. The molecule has 1 N–H and O–H groups in total. The van der Waals surface area contributed by atoms with Crippen molar-refractivity contribution in [3.8, 4) is 5.75 Å². The lowest BCUT2D eigenvalue weighted by atomic mass is 10.2. The van der Waals surface area contributed by atoms with Crippen molar-refractivity contribution in [1.29, 1.82) is 0 Å². The number of benzene rings is 1. The maximum atomic E-state index is 12.3. The Morgan fingerprint density at radius 2 is 1.86 bits per heavy atom. The number of amides is 2. The number of imide groups is 1. The van der Waals surface area contributed by atoms with Gasteiger partial charge in [0.25, 0.3) is 11.1 Å². The Hall–Kier alpha value is -2.47. The van der Waals surface area contributed by atoms with Gasteiger partial charge in [0.1, 0.15) is 17.3 Å². The van der Waals surface area contributed by atoms with Crippen LogP contribution in [0.25, 0.3) is 6.08 Å². The zero-order valence-electron chi connectivity index (χ0n) is 11.1. The minimum Gasteiger partial charge on any atom is -0.508 e. The van der Waals surface area contributed by atoms with Crippen LogP contribution < -0.4 is 4.90 Å². The van der Waals surface area contributed by atoms with Gasteiger partial charge in [0.05, 0.1) is 10.6 Å². The second-order valence-electron chi connectivity index (χ2n) is 4.48. The van der Waals surface area contributed by atoms with Crippen molar-refractivity contribution in [3.63, 3.8) is 0 Å². The second kappa shape index (κ2) is 5.14. The summed E-state index contributed by atoms with van der Waals surface area (Å²) in [6, 6.07) is 9.42. The van der Waals surface area contributed by atoms with Crippen LogP contribution in [0.1, 0.15) is 11.5 Å². The minimum absolute atomic E-state index is 0.0762. The van der Waals surface area contributed by atoms with E-state index in [4.69, 9.17) is 4.42 Å². The zero-order valence-corrected chi connectivity index (χ0v) is 11.9. The van der Waals surface area contributed by atoms with E-state index >= 15 is 0 Å². The molecule has 2 aromatic rings. The lowest BCUT2D eigenvalue weighted by Crippen LogP contribution is -2.27. The summed E-state index contributed by atoms with van der Waals surface area (Å²) < 4.78 is 5.38. The third kappa shape index (κ3) is 2.57. The Labute approximate surface area is 124 Å². The Bertz CT molecular complexity index is 745. The normalized spacial score (nSPS) is 17.0. The van der Waals surface area contributed by atoms with E-state index in [1.807, 2.05) is 0 Å². The number of phenols is 1. The molecule has 1 aliphatic rings. The smallest absolute Gasteiger partial charge is 0.298 e. The molecule has 0 bridgehead atoms. The summed E-state index contributed by atoms with van der Waals surface area (Å²) >= 11 is 0.861. The predicted molar refractivity (Wildman–Crippen MR) is 80.0 cm³/mol. The summed E-state index contributed by atoms with van der Waals surface area (Å²) in [7, 11) is 0. The van der Waals surface area contributed by atoms with Gasteiger partial charge in [-0.05, 0) is 55.1 Å². The topological polar surface area (TPSA) is 70.8 Å². The van der Waals surface area contributed by atoms with E-state index in [1.165, 1.54) is 24.3 Å². The standard InChI is InChI=1S/C15H11NO4S/c1-9-2-7-12(20-9)8-13-14(18)16(15(19)21-13)10-3-5-11(17)6-4-10/h2-8,17H,1H3/b13-8+. The zero-order chi connectivity index (χ0) is 15.0. The van der Waals surface area contributed by atoms with Gasteiger partial charge in [0.2, 0.25) is 0 Å². The highest BCUT2D eigenvalue weighted by Gasteiger charge is 2.36. The van der Waals surface area contributed by atoms with Crippen LogP contribution in [0.2, 0.25) is 0 Å².